The van der Waals surface area contributed by atoms with E-state index in [1.807, 2.05) is 19.9 Å². The summed E-state index contributed by atoms with van der Waals surface area (Å²) in [4.78, 5) is 28.3. The van der Waals surface area contributed by atoms with E-state index in [0.717, 1.165) is 5.56 Å². The highest BCUT2D eigenvalue weighted by Crippen LogP contribution is 2.12. The van der Waals surface area contributed by atoms with Crippen LogP contribution in [0.1, 0.15) is 19.4 Å². The number of nitrogens with zero attached hydrogens (tertiary/aromatic N) is 1. The van der Waals surface area contributed by atoms with Gasteiger partial charge in [0.15, 0.2) is 0 Å². The summed E-state index contributed by atoms with van der Waals surface area (Å²) < 4.78 is 0. The summed E-state index contributed by atoms with van der Waals surface area (Å²) in [5, 5.41) is 28.5. The molecule has 0 spiro atoms. The van der Waals surface area contributed by atoms with Gasteiger partial charge in [-0.3, -0.25) is 10.1 Å². The molecule has 0 aliphatic carbocycles. The molecule has 0 fully saturated rings. The molecule has 0 aliphatic heterocycles. The quantitative estimate of drug-likeness (QED) is 0.431. The number of nitro groups is 1. The molecule has 1 aromatic carbocycles. The highest BCUT2D eigenvalue weighted by atomic mass is 16.6. The van der Waals surface area contributed by atoms with Gasteiger partial charge < -0.3 is 15.5 Å². The van der Waals surface area contributed by atoms with Crippen LogP contribution in [-0.4, -0.2) is 33.1 Å². The Kier molecular flexibility index (Phi) is 7.53. The first-order valence-corrected chi connectivity index (χ1v) is 5.67. The van der Waals surface area contributed by atoms with E-state index < -0.39 is 11.9 Å². The number of carboxylic acid groups (broad SMARTS) is 2. The number of non-ortho nitro benzene ring substituents is 1. The number of rotatable bonds is 4. The number of nitro benzene ring substituents is 1. The summed E-state index contributed by atoms with van der Waals surface area (Å²) in [5.41, 5.74) is 1.08. The Balaban J connectivity index is 0.000000511. The molecule has 0 amide bonds. The third kappa shape index (κ3) is 7.77. The lowest BCUT2D eigenvalue weighted by Crippen LogP contribution is -2.21. The zero-order valence-corrected chi connectivity index (χ0v) is 11.1. The topological polar surface area (TPSA) is 130 Å². The molecule has 8 nitrogen and oxygen atoms in total. The van der Waals surface area contributed by atoms with Gasteiger partial charge in [-0.05, 0) is 5.56 Å². The molecular formula is C12H16N2O6. The molecule has 0 atom stereocenters. The van der Waals surface area contributed by atoms with Crippen molar-refractivity contribution < 1.29 is 24.7 Å². The van der Waals surface area contributed by atoms with Crippen LogP contribution < -0.4 is 5.32 Å². The minimum absolute atomic E-state index is 0.146. The number of carboxylic acids is 2. The fraction of sp³-hybridized carbons (Fsp3) is 0.333. The van der Waals surface area contributed by atoms with Gasteiger partial charge in [-0.15, -0.1) is 0 Å². The molecule has 110 valence electrons. The van der Waals surface area contributed by atoms with Crippen molar-refractivity contribution in [2.24, 2.45) is 0 Å². The Morgan fingerprint density at radius 3 is 2.25 bits per heavy atom. The summed E-state index contributed by atoms with van der Waals surface area (Å²) in [6.45, 7) is 4.74. The first-order chi connectivity index (χ1) is 9.23. The lowest BCUT2D eigenvalue weighted by molar-refractivity contribution is -0.384. The normalized spacial score (nSPS) is 9.55. The SMILES string of the molecule is CC(C)NCc1cccc([N+](=O)[O-])c1.O=C(O)C(=O)O. The fourth-order valence-electron chi connectivity index (χ4n) is 1.10. The van der Waals surface area contributed by atoms with E-state index in [-0.39, 0.29) is 10.6 Å². The fourth-order valence-corrected chi connectivity index (χ4v) is 1.10. The van der Waals surface area contributed by atoms with Crippen molar-refractivity contribution in [3.8, 4) is 0 Å². The van der Waals surface area contributed by atoms with Gasteiger partial charge in [0, 0.05) is 24.7 Å². The van der Waals surface area contributed by atoms with Crippen LogP contribution in [0.3, 0.4) is 0 Å². The van der Waals surface area contributed by atoms with Gasteiger partial charge in [-0.2, -0.15) is 0 Å². The maximum Gasteiger partial charge on any atom is 0.414 e. The van der Waals surface area contributed by atoms with Crippen molar-refractivity contribution in [3.05, 3.63) is 39.9 Å². The van der Waals surface area contributed by atoms with Crippen molar-refractivity contribution in [1.82, 2.24) is 5.32 Å². The van der Waals surface area contributed by atoms with E-state index in [9.17, 15) is 10.1 Å². The van der Waals surface area contributed by atoms with Crippen molar-refractivity contribution in [1.29, 1.82) is 0 Å². The number of aliphatic carboxylic acids is 2. The second-order valence-corrected chi connectivity index (χ2v) is 4.07. The van der Waals surface area contributed by atoms with Crippen molar-refractivity contribution >= 4 is 17.6 Å². The van der Waals surface area contributed by atoms with Gasteiger partial charge in [-0.1, -0.05) is 26.0 Å². The van der Waals surface area contributed by atoms with Gasteiger partial charge in [-0.25, -0.2) is 9.59 Å². The smallest absolute Gasteiger partial charge is 0.414 e. The lowest BCUT2D eigenvalue weighted by Gasteiger charge is -2.07. The third-order valence-corrected chi connectivity index (χ3v) is 2.02. The average Bonchev–Trinajstić information content (AvgIpc) is 2.37. The molecule has 0 bridgehead atoms. The first kappa shape index (κ1) is 17.5. The molecular weight excluding hydrogens is 268 g/mol. The molecule has 1 aromatic rings. The number of benzene rings is 1. The molecule has 0 heterocycles. The zero-order chi connectivity index (χ0) is 15.7. The van der Waals surface area contributed by atoms with Gasteiger partial charge in [0.05, 0.1) is 4.92 Å². The van der Waals surface area contributed by atoms with Crippen molar-refractivity contribution in [2.75, 3.05) is 0 Å². The minimum Gasteiger partial charge on any atom is -0.473 e. The van der Waals surface area contributed by atoms with Crippen LogP contribution in [0, 0.1) is 10.1 Å². The van der Waals surface area contributed by atoms with E-state index in [4.69, 9.17) is 19.8 Å². The highest BCUT2D eigenvalue weighted by Gasteiger charge is 2.05. The Morgan fingerprint density at radius 1 is 1.30 bits per heavy atom. The Morgan fingerprint density at radius 2 is 1.85 bits per heavy atom. The number of hydrogen-bond donors (Lipinski definition) is 3. The van der Waals surface area contributed by atoms with Gasteiger partial charge in [0.1, 0.15) is 0 Å². The second kappa shape index (κ2) is 8.59. The standard InChI is InChI=1S/C10H14N2O2.C2H2O4/c1-8(2)11-7-9-4-3-5-10(6-9)12(13)14;3-1(4)2(5)6/h3-6,8,11H,7H2,1-2H3;(H,3,4)(H,5,6). The van der Waals surface area contributed by atoms with E-state index >= 15 is 0 Å². The Hall–Kier alpha value is -2.48. The predicted molar refractivity (Wildman–Crippen MR) is 70.3 cm³/mol. The number of carbonyl (C=O) groups is 2. The van der Waals surface area contributed by atoms with Crippen LogP contribution in [-0.2, 0) is 16.1 Å². The first-order valence-electron chi connectivity index (χ1n) is 5.67. The predicted octanol–water partition coefficient (Wildman–Crippen LogP) is 1.25. The van der Waals surface area contributed by atoms with E-state index in [1.165, 1.54) is 6.07 Å². The van der Waals surface area contributed by atoms with Crippen LogP contribution in [0.5, 0.6) is 0 Å². The van der Waals surface area contributed by atoms with Crippen LogP contribution in [0.15, 0.2) is 24.3 Å². The third-order valence-electron chi connectivity index (χ3n) is 2.02. The Labute approximate surface area is 115 Å². The molecule has 0 saturated heterocycles. The molecule has 20 heavy (non-hydrogen) atoms. The zero-order valence-electron chi connectivity index (χ0n) is 11.1. The maximum absolute atomic E-state index is 10.5. The molecule has 8 heteroatoms. The van der Waals surface area contributed by atoms with E-state index in [1.54, 1.807) is 12.1 Å². The van der Waals surface area contributed by atoms with Crippen LogP contribution in [0.2, 0.25) is 0 Å². The minimum atomic E-state index is -1.82. The van der Waals surface area contributed by atoms with Crippen LogP contribution in [0.25, 0.3) is 0 Å². The summed E-state index contributed by atoms with van der Waals surface area (Å²) in [6, 6.07) is 7.06. The molecule has 0 aromatic heterocycles. The van der Waals surface area contributed by atoms with Gasteiger partial charge >= 0.3 is 11.9 Å². The molecule has 3 N–H and O–H groups in total. The summed E-state index contributed by atoms with van der Waals surface area (Å²) in [7, 11) is 0. The van der Waals surface area contributed by atoms with Crippen LogP contribution in [0.4, 0.5) is 5.69 Å². The molecule has 0 aliphatic rings. The second-order valence-electron chi connectivity index (χ2n) is 4.07. The molecule has 0 radical (unpaired) electrons. The van der Waals surface area contributed by atoms with Crippen molar-refractivity contribution in [3.63, 3.8) is 0 Å². The maximum atomic E-state index is 10.5. The molecule has 1 rings (SSSR count). The number of nitrogens with one attached hydrogen (secondary N) is 1. The van der Waals surface area contributed by atoms with Crippen LogP contribution >= 0.6 is 0 Å². The van der Waals surface area contributed by atoms with Crippen molar-refractivity contribution in [2.45, 2.75) is 26.4 Å². The highest BCUT2D eigenvalue weighted by molar-refractivity contribution is 6.27. The summed E-state index contributed by atoms with van der Waals surface area (Å²) >= 11 is 0. The monoisotopic (exact) mass is 284 g/mol. The van der Waals surface area contributed by atoms with Gasteiger partial charge in [0.2, 0.25) is 0 Å². The lowest BCUT2D eigenvalue weighted by atomic mass is 10.2. The summed E-state index contributed by atoms with van der Waals surface area (Å²) in [6.07, 6.45) is 0. The molecule has 0 saturated carbocycles. The molecule has 0 unspecified atom stereocenters. The summed E-state index contributed by atoms with van der Waals surface area (Å²) in [5.74, 6) is -3.65. The Bertz CT molecular complexity index is 475. The van der Waals surface area contributed by atoms with E-state index in [2.05, 4.69) is 5.32 Å². The van der Waals surface area contributed by atoms with Gasteiger partial charge in [0.25, 0.3) is 5.69 Å². The average molecular weight is 284 g/mol. The largest absolute Gasteiger partial charge is 0.473 e. The number of hydrogen-bond acceptors (Lipinski definition) is 5. The van der Waals surface area contributed by atoms with E-state index in [0.29, 0.717) is 12.6 Å².